The van der Waals surface area contributed by atoms with E-state index in [2.05, 4.69) is 29.4 Å². The van der Waals surface area contributed by atoms with E-state index in [1.54, 1.807) is 11.3 Å². The molecule has 0 saturated carbocycles. The van der Waals surface area contributed by atoms with Crippen LogP contribution in [0.3, 0.4) is 0 Å². The molecule has 1 atom stereocenters. The second-order valence-corrected chi connectivity index (χ2v) is 5.51. The average Bonchev–Trinajstić information content (AvgIpc) is 2.96. The molecule has 1 N–H and O–H groups in total. The number of nitrogens with zero attached hydrogens (tertiary/aromatic N) is 2. The van der Waals surface area contributed by atoms with E-state index in [-0.39, 0.29) is 0 Å². The van der Waals surface area contributed by atoms with Crippen LogP contribution in [-0.2, 0) is 6.42 Å². The highest BCUT2D eigenvalue weighted by Crippen LogP contribution is 2.28. The first-order chi connectivity index (χ1) is 8.35. The lowest BCUT2D eigenvalue weighted by molar-refractivity contribution is 0.570. The van der Waals surface area contributed by atoms with Gasteiger partial charge < -0.3 is 10.2 Å². The number of hydrogen-bond acceptors (Lipinski definition) is 4. The van der Waals surface area contributed by atoms with Gasteiger partial charge in [0.15, 0.2) is 5.13 Å². The first kappa shape index (κ1) is 12.8. The van der Waals surface area contributed by atoms with Crippen LogP contribution in [0.5, 0.6) is 0 Å². The Morgan fingerprint density at radius 2 is 2.41 bits per heavy atom. The van der Waals surface area contributed by atoms with E-state index in [0.29, 0.717) is 6.04 Å². The zero-order valence-electron chi connectivity index (χ0n) is 10.9. The third-order valence-corrected chi connectivity index (χ3v) is 4.26. The number of anilines is 1. The highest BCUT2D eigenvalue weighted by Gasteiger charge is 2.26. The first-order valence-corrected chi connectivity index (χ1v) is 7.64. The molecule has 1 aliphatic rings. The molecule has 1 aliphatic heterocycles. The quantitative estimate of drug-likeness (QED) is 0.790. The summed E-state index contributed by atoms with van der Waals surface area (Å²) >= 11 is 1.80. The molecule has 2 rings (SSSR count). The van der Waals surface area contributed by atoms with Crippen molar-refractivity contribution in [1.29, 1.82) is 0 Å². The molecule has 17 heavy (non-hydrogen) atoms. The van der Waals surface area contributed by atoms with Crippen LogP contribution in [0.4, 0.5) is 5.13 Å². The molecule has 96 valence electrons. The third-order valence-electron chi connectivity index (χ3n) is 3.33. The molecule has 0 aromatic carbocycles. The van der Waals surface area contributed by atoms with Gasteiger partial charge in [-0.2, -0.15) is 0 Å². The number of hydrogen-bond donors (Lipinski definition) is 1. The molecule has 0 bridgehead atoms. The Morgan fingerprint density at radius 3 is 3.12 bits per heavy atom. The van der Waals surface area contributed by atoms with Crippen molar-refractivity contribution < 1.29 is 0 Å². The van der Waals surface area contributed by atoms with Crippen LogP contribution in [0, 0.1) is 0 Å². The van der Waals surface area contributed by atoms with Crippen molar-refractivity contribution in [3.05, 3.63) is 11.1 Å². The fourth-order valence-corrected chi connectivity index (χ4v) is 3.34. The summed E-state index contributed by atoms with van der Waals surface area (Å²) in [5, 5.41) is 6.96. The van der Waals surface area contributed by atoms with E-state index < -0.39 is 0 Å². The number of thiazole rings is 1. The van der Waals surface area contributed by atoms with Crippen LogP contribution in [0.15, 0.2) is 5.38 Å². The third kappa shape index (κ3) is 3.19. The van der Waals surface area contributed by atoms with Crippen LogP contribution >= 0.6 is 11.3 Å². The van der Waals surface area contributed by atoms with Crippen molar-refractivity contribution >= 4 is 16.5 Å². The fourth-order valence-electron chi connectivity index (χ4n) is 2.34. The SMILES string of the molecule is CCCNCC1CCCN1c1nc(CC)cs1. The van der Waals surface area contributed by atoms with Crippen molar-refractivity contribution in [2.75, 3.05) is 24.5 Å². The summed E-state index contributed by atoms with van der Waals surface area (Å²) in [5.74, 6) is 0. The fraction of sp³-hybridized carbons (Fsp3) is 0.769. The highest BCUT2D eigenvalue weighted by atomic mass is 32.1. The smallest absolute Gasteiger partial charge is 0.185 e. The number of aromatic nitrogens is 1. The van der Waals surface area contributed by atoms with Gasteiger partial charge in [-0.25, -0.2) is 4.98 Å². The molecular weight excluding hydrogens is 230 g/mol. The summed E-state index contributed by atoms with van der Waals surface area (Å²) in [6, 6.07) is 0.650. The number of nitrogens with one attached hydrogen (secondary N) is 1. The van der Waals surface area contributed by atoms with Gasteiger partial charge in [0.1, 0.15) is 0 Å². The largest absolute Gasteiger partial charge is 0.344 e. The van der Waals surface area contributed by atoms with Crippen LogP contribution < -0.4 is 10.2 Å². The maximum absolute atomic E-state index is 4.71. The van der Waals surface area contributed by atoms with Crippen molar-refractivity contribution in [3.8, 4) is 0 Å². The lowest BCUT2D eigenvalue weighted by atomic mass is 10.2. The normalized spacial score (nSPS) is 20.1. The summed E-state index contributed by atoms with van der Waals surface area (Å²) < 4.78 is 0. The second kappa shape index (κ2) is 6.36. The average molecular weight is 253 g/mol. The highest BCUT2D eigenvalue weighted by molar-refractivity contribution is 7.13. The van der Waals surface area contributed by atoms with Gasteiger partial charge >= 0.3 is 0 Å². The maximum Gasteiger partial charge on any atom is 0.185 e. The van der Waals surface area contributed by atoms with E-state index in [0.717, 1.165) is 19.5 Å². The predicted molar refractivity (Wildman–Crippen MR) is 75.0 cm³/mol. The molecule has 1 aromatic heterocycles. The van der Waals surface area contributed by atoms with Gasteiger partial charge in [-0.05, 0) is 32.2 Å². The Kier molecular flexibility index (Phi) is 4.80. The zero-order chi connectivity index (χ0) is 12.1. The molecular formula is C13H23N3S. The summed E-state index contributed by atoms with van der Waals surface area (Å²) in [6.07, 6.45) is 4.87. The zero-order valence-corrected chi connectivity index (χ0v) is 11.7. The van der Waals surface area contributed by atoms with E-state index in [9.17, 15) is 0 Å². The molecule has 3 nitrogen and oxygen atoms in total. The van der Waals surface area contributed by atoms with Gasteiger partial charge in [0.25, 0.3) is 0 Å². The molecule has 1 aromatic rings. The molecule has 1 unspecified atom stereocenters. The number of aryl methyl sites for hydroxylation is 1. The van der Waals surface area contributed by atoms with Gasteiger partial charge in [0.2, 0.25) is 0 Å². The van der Waals surface area contributed by atoms with Crippen LogP contribution in [0.1, 0.15) is 38.8 Å². The first-order valence-electron chi connectivity index (χ1n) is 6.77. The minimum Gasteiger partial charge on any atom is -0.344 e. The predicted octanol–water partition coefficient (Wildman–Crippen LogP) is 2.67. The molecule has 0 aliphatic carbocycles. The van der Waals surface area contributed by atoms with Gasteiger partial charge in [-0.3, -0.25) is 0 Å². The summed E-state index contributed by atoms with van der Waals surface area (Å²) in [6.45, 7) is 7.79. The molecule has 1 saturated heterocycles. The monoisotopic (exact) mass is 253 g/mol. The van der Waals surface area contributed by atoms with Crippen molar-refractivity contribution in [1.82, 2.24) is 10.3 Å². The van der Waals surface area contributed by atoms with E-state index in [1.807, 2.05) is 0 Å². The van der Waals surface area contributed by atoms with E-state index in [1.165, 1.54) is 36.6 Å². The summed E-state index contributed by atoms with van der Waals surface area (Å²) in [7, 11) is 0. The molecule has 2 heterocycles. The Balaban J connectivity index is 1.94. The molecule has 1 fully saturated rings. The van der Waals surface area contributed by atoms with Crippen molar-refractivity contribution in [2.45, 2.75) is 45.6 Å². The van der Waals surface area contributed by atoms with E-state index >= 15 is 0 Å². The van der Waals surface area contributed by atoms with Crippen LogP contribution in [0.2, 0.25) is 0 Å². The molecule has 0 amide bonds. The topological polar surface area (TPSA) is 28.2 Å². The van der Waals surface area contributed by atoms with Gasteiger partial charge in [-0.15, -0.1) is 11.3 Å². The molecule has 0 radical (unpaired) electrons. The van der Waals surface area contributed by atoms with E-state index in [4.69, 9.17) is 4.98 Å². The Hall–Kier alpha value is -0.610. The van der Waals surface area contributed by atoms with Gasteiger partial charge in [0, 0.05) is 24.5 Å². The Labute approximate surface area is 108 Å². The van der Waals surface area contributed by atoms with Gasteiger partial charge in [-0.1, -0.05) is 13.8 Å². The van der Waals surface area contributed by atoms with Crippen molar-refractivity contribution in [3.63, 3.8) is 0 Å². The van der Waals surface area contributed by atoms with Gasteiger partial charge in [0.05, 0.1) is 5.69 Å². The van der Waals surface area contributed by atoms with Crippen molar-refractivity contribution in [2.24, 2.45) is 0 Å². The van der Waals surface area contributed by atoms with Crippen LogP contribution in [-0.4, -0.2) is 30.7 Å². The maximum atomic E-state index is 4.71. The lowest BCUT2D eigenvalue weighted by Crippen LogP contribution is -2.38. The minimum atomic E-state index is 0.650. The Morgan fingerprint density at radius 1 is 1.53 bits per heavy atom. The number of rotatable bonds is 6. The minimum absolute atomic E-state index is 0.650. The molecule has 4 heteroatoms. The summed E-state index contributed by atoms with van der Waals surface area (Å²) in [4.78, 5) is 7.20. The standard InChI is InChI=1S/C13H23N3S/c1-3-7-14-9-12-6-5-8-16(12)13-15-11(4-2)10-17-13/h10,12,14H,3-9H2,1-2H3. The molecule has 0 spiro atoms. The summed E-state index contributed by atoms with van der Waals surface area (Å²) in [5.41, 5.74) is 1.23. The lowest BCUT2D eigenvalue weighted by Gasteiger charge is -2.24. The van der Waals surface area contributed by atoms with Crippen LogP contribution in [0.25, 0.3) is 0 Å². The Bertz CT molecular complexity index is 337. The second-order valence-electron chi connectivity index (χ2n) is 4.67.